The van der Waals surface area contributed by atoms with Crippen molar-refractivity contribution < 1.29 is 32.7 Å². The predicted molar refractivity (Wildman–Crippen MR) is 93.0 cm³/mol. The van der Waals surface area contributed by atoms with E-state index in [2.05, 4.69) is 4.98 Å². The highest BCUT2D eigenvalue weighted by Gasteiger charge is 2.52. The molecule has 1 fully saturated rings. The summed E-state index contributed by atoms with van der Waals surface area (Å²) < 4.78 is 38.6. The standard InChI is InChI=1S/C17H14F3N3O4S/c1-16(2)14(26)23(12-6-10(8-28-12)17(18,19)20)15(27)22(16)7-9-3-4-21-11(5-9)13(24)25/h3-6,8H,7H2,1-2H3,(H,24,25). The number of carboxylic acids is 1. The molecule has 0 spiro atoms. The third kappa shape index (κ3) is 3.33. The van der Waals surface area contributed by atoms with E-state index in [-0.39, 0.29) is 17.2 Å². The number of hydrogen-bond acceptors (Lipinski definition) is 5. The molecule has 1 aliphatic heterocycles. The predicted octanol–water partition coefficient (Wildman–Crippen LogP) is 3.61. The molecule has 28 heavy (non-hydrogen) atoms. The van der Waals surface area contributed by atoms with Gasteiger partial charge in [-0.25, -0.2) is 19.5 Å². The molecule has 0 radical (unpaired) electrons. The summed E-state index contributed by atoms with van der Waals surface area (Å²) >= 11 is 0.646. The van der Waals surface area contributed by atoms with Gasteiger partial charge in [-0.15, -0.1) is 11.3 Å². The second-order valence-corrected chi connectivity index (χ2v) is 7.48. The van der Waals surface area contributed by atoms with Gasteiger partial charge in [0.15, 0.2) is 0 Å². The molecule has 3 amide bonds. The molecule has 1 aliphatic rings. The topological polar surface area (TPSA) is 90.8 Å². The number of aromatic carboxylic acids is 1. The molecule has 0 saturated carbocycles. The van der Waals surface area contributed by atoms with Crippen LogP contribution in [-0.4, -0.2) is 38.4 Å². The molecule has 1 N–H and O–H groups in total. The minimum Gasteiger partial charge on any atom is -0.477 e. The fourth-order valence-corrected chi connectivity index (χ4v) is 3.67. The molecule has 3 rings (SSSR count). The third-order valence-electron chi connectivity index (χ3n) is 4.34. The molecule has 2 aromatic heterocycles. The Bertz CT molecular complexity index is 971. The number of pyridine rings is 1. The normalized spacial score (nSPS) is 16.8. The van der Waals surface area contributed by atoms with Crippen LogP contribution in [-0.2, 0) is 17.5 Å². The lowest BCUT2D eigenvalue weighted by Gasteiger charge is -2.27. The fraction of sp³-hybridized carbons (Fsp3) is 0.294. The largest absolute Gasteiger partial charge is 0.477 e. The number of carbonyl (C=O) groups is 3. The summed E-state index contributed by atoms with van der Waals surface area (Å²) in [7, 11) is 0. The van der Waals surface area contributed by atoms with Crippen LogP contribution in [0, 0.1) is 0 Å². The number of rotatable bonds is 4. The number of carboxylic acid groups (broad SMARTS) is 1. The van der Waals surface area contributed by atoms with E-state index in [9.17, 15) is 27.6 Å². The Morgan fingerprint density at radius 2 is 1.96 bits per heavy atom. The monoisotopic (exact) mass is 413 g/mol. The van der Waals surface area contributed by atoms with E-state index in [1.807, 2.05) is 0 Å². The quantitative estimate of drug-likeness (QED) is 0.774. The van der Waals surface area contributed by atoms with Crippen molar-refractivity contribution >= 4 is 34.2 Å². The molecule has 1 saturated heterocycles. The van der Waals surface area contributed by atoms with E-state index < -0.39 is 35.2 Å². The number of amides is 3. The molecular weight excluding hydrogens is 399 g/mol. The number of nitrogens with zero attached hydrogens (tertiary/aromatic N) is 3. The average molecular weight is 413 g/mol. The van der Waals surface area contributed by atoms with Crippen LogP contribution in [0.5, 0.6) is 0 Å². The smallest absolute Gasteiger partial charge is 0.417 e. The van der Waals surface area contributed by atoms with Gasteiger partial charge in [0.25, 0.3) is 5.91 Å². The molecular formula is C17H14F3N3O4S. The summed E-state index contributed by atoms with van der Waals surface area (Å²) in [6.07, 6.45) is -3.32. The van der Waals surface area contributed by atoms with Gasteiger partial charge in [0.05, 0.1) is 5.56 Å². The number of urea groups is 1. The van der Waals surface area contributed by atoms with E-state index in [0.29, 0.717) is 16.9 Å². The molecule has 0 aliphatic carbocycles. The second-order valence-electron chi connectivity index (χ2n) is 6.59. The Hall–Kier alpha value is -2.95. The SMILES string of the molecule is CC1(C)C(=O)N(c2cc(C(F)(F)F)cs2)C(=O)N1Cc1ccnc(C(=O)O)c1. The number of alkyl halides is 3. The zero-order chi connectivity index (χ0) is 20.9. The van der Waals surface area contributed by atoms with Gasteiger partial charge in [-0.2, -0.15) is 13.2 Å². The van der Waals surface area contributed by atoms with Crippen molar-refractivity contribution in [3.05, 3.63) is 46.6 Å². The zero-order valence-electron chi connectivity index (χ0n) is 14.6. The van der Waals surface area contributed by atoms with E-state index in [0.717, 1.165) is 16.3 Å². The maximum atomic E-state index is 12.9. The first-order valence-electron chi connectivity index (χ1n) is 7.93. The van der Waals surface area contributed by atoms with Crippen molar-refractivity contribution in [3.8, 4) is 0 Å². The number of halogens is 3. The number of imide groups is 1. The number of aromatic nitrogens is 1. The molecule has 7 nitrogen and oxygen atoms in total. The van der Waals surface area contributed by atoms with Crippen LogP contribution in [0.3, 0.4) is 0 Å². The van der Waals surface area contributed by atoms with Crippen molar-refractivity contribution in [2.45, 2.75) is 32.1 Å². The van der Waals surface area contributed by atoms with E-state index in [1.54, 1.807) is 0 Å². The second kappa shape index (κ2) is 6.59. The van der Waals surface area contributed by atoms with Gasteiger partial charge in [-0.05, 0) is 37.6 Å². The lowest BCUT2D eigenvalue weighted by Crippen LogP contribution is -2.43. The van der Waals surface area contributed by atoms with Gasteiger partial charge in [0.2, 0.25) is 0 Å². The number of hydrogen-bond donors (Lipinski definition) is 1. The maximum absolute atomic E-state index is 12.9. The first kappa shape index (κ1) is 19.8. The zero-order valence-corrected chi connectivity index (χ0v) is 15.5. The lowest BCUT2D eigenvalue weighted by atomic mass is 10.0. The summed E-state index contributed by atoms with van der Waals surface area (Å²) in [6, 6.07) is 2.75. The third-order valence-corrected chi connectivity index (χ3v) is 5.25. The molecule has 0 unspecified atom stereocenters. The number of carbonyl (C=O) groups excluding carboxylic acids is 2. The van der Waals surface area contributed by atoms with Gasteiger partial charge < -0.3 is 10.0 Å². The van der Waals surface area contributed by atoms with E-state index in [4.69, 9.17) is 5.11 Å². The maximum Gasteiger partial charge on any atom is 0.417 e. The molecule has 0 aromatic carbocycles. The van der Waals surface area contributed by atoms with Gasteiger partial charge in [0.1, 0.15) is 16.2 Å². The lowest BCUT2D eigenvalue weighted by molar-refractivity contribution is -0.137. The van der Waals surface area contributed by atoms with Crippen LogP contribution in [0.15, 0.2) is 29.8 Å². The molecule has 3 heterocycles. The van der Waals surface area contributed by atoms with Crippen LogP contribution >= 0.6 is 11.3 Å². The van der Waals surface area contributed by atoms with E-state index in [1.165, 1.54) is 37.1 Å². The molecule has 2 aromatic rings. The van der Waals surface area contributed by atoms with Crippen molar-refractivity contribution in [2.75, 3.05) is 4.90 Å². The minimum absolute atomic E-state index is 0.103. The van der Waals surface area contributed by atoms with E-state index >= 15 is 0 Å². The highest BCUT2D eigenvalue weighted by atomic mass is 32.1. The van der Waals surface area contributed by atoms with Crippen LogP contribution in [0.1, 0.15) is 35.5 Å². The number of thiophene rings is 1. The summed E-state index contributed by atoms with van der Waals surface area (Å²) in [5.74, 6) is -1.91. The Kier molecular flexibility index (Phi) is 4.66. The van der Waals surface area contributed by atoms with Crippen LogP contribution < -0.4 is 4.90 Å². The summed E-state index contributed by atoms with van der Waals surface area (Å²) in [5.41, 5.74) is -2.07. The van der Waals surface area contributed by atoms with Gasteiger partial charge in [0, 0.05) is 18.1 Å². The van der Waals surface area contributed by atoms with Gasteiger partial charge in [-0.3, -0.25) is 4.79 Å². The first-order valence-corrected chi connectivity index (χ1v) is 8.81. The highest BCUT2D eigenvalue weighted by molar-refractivity contribution is 7.14. The first-order chi connectivity index (χ1) is 12.9. The molecule has 0 atom stereocenters. The molecule has 148 valence electrons. The average Bonchev–Trinajstić information content (AvgIpc) is 3.14. The highest BCUT2D eigenvalue weighted by Crippen LogP contribution is 2.40. The van der Waals surface area contributed by atoms with Crippen molar-refractivity contribution in [1.29, 1.82) is 0 Å². The van der Waals surface area contributed by atoms with Crippen molar-refractivity contribution in [3.63, 3.8) is 0 Å². The Morgan fingerprint density at radius 3 is 2.54 bits per heavy atom. The van der Waals surface area contributed by atoms with Crippen molar-refractivity contribution in [1.82, 2.24) is 9.88 Å². The Morgan fingerprint density at radius 1 is 1.29 bits per heavy atom. The number of anilines is 1. The Balaban J connectivity index is 1.93. The minimum atomic E-state index is -4.58. The summed E-state index contributed by atoms with van der Waals surface area (Å²) in [6.45, 7) is 2.85. The van der Waals surface area contributed by atoms with Gasteiger partial charge >= 0.3 is 18.2 Å². The Labute approximate surface area is 161 Å². The van der Waals surface area contributed by atoms with Crippen LogP contribution in [0.2, 0.25) is 0 Å². The molecule has 11 heteroatoms. The molecule has 0 bridgehead atoms. The summed E-state index contributed by atoms with van der Waals surface area (Å²) in [5, 5.41) is 9.74. The van der Waals surface area contributed by atoms with Gasteiger partial charge in [-0.1, -0.05) is 0 Å². The van der Waals surface area contributed by atoms with Crippen LogP contribution in [0.25, 0.3) is 0 Å². The van der Waals surface area contributed by atoms with Crippen molar-refractivity contribution in [2.24, 2.45) is 0 Å². The fourth-order valence-electron chi connectivity index (χ4n) is 2.76. The van der Waals surface area contributed by atoms with Crippen LogP contribution in [0.4, 0.5) is 23.0 Å². The summed E-state index contributed by atoms with van der Waals surface area (Å²) in [4.78, 5) is 42.2.